The lowest BCUT2D eigenvalue weighted by molar-refractivity contribution is 0.0983. The van der Waals surface area contributed by atoms with Gasteiger partial charge in [0.1, 0.15) is 5.82 Å². The van der Waals surface area contributed by atoms with E-state index in [2.05, 4.69) is 32.6 Å². The van der Waals surface area contributed by atoms with Crippen LogP contribution >= 0.6 is 15.9 Å². The summed E-state index contributed by atoms with van der Waals surface area (Å²) in [5.41, 5.74) is 2.94. The van der Waals surface area contributed by atoms with Gasteiger partial charge in [0.25, 0.3) is 5.91 Å². The van der Waals surface area contributed by atoms with Gasteiger partial charge in [-0.05, 0) is 51.3 Å². The van der Waals surface area contributed by atoms with Gasteiger partial charge in [-0.3, -0.25) is 9.69 Å². The third kappa shape index (κ3) is 2.41. The standard InChI is InChI=1S/C20H15BrN2O3/c21-16-9-18-17(25-12-26-18)8-15(16)20(24)23-11-14-5-2-1-4-13(14)10-22-7-3-6-19(22)23/h1-9H,10-12H2. The fourth-order valence-corrected chi connectivity index (χ4v) is 3.98. The summed E-state index contributed by atoms with van der Waals surface area (Å²) in [5.74, 6) is 2.06. The fraction of sp³-hybridized carbons (Fsp3) is 0.150. The van der Waals surface area contributed by atoms with E-state index in [4.69, 9.17) is 9.47 Å². The fourth-order valence-electron chi connectivity index (χ4n) is 3.49. The third-order valence-electron chi connectivity index (χ3n) is 4.81. The van der Waals surface area contributed by atoms with Gasteiger partial charge in [0.15, 0.2) is 11.5 Å². The number of ether oxygens (including phenoxy) is 2. The minimum absolute atomic E-state index is 0.0770. The van der Waals surface area contributed by atoms with Crippen molar-refractivity contribution in [2.45, 2.75) is 13.1 Å². The van der Waals surface area contributed by atoms with Crippen molar-refractivity contribution < 1.29 is 14.3 Å². The lowest BCUT2D eigenvalue weighted by Gasteiger charge is -2.22. The number of carbonyl (C=O) groups excluding carboxylic acids is 1. The Kier molecular flexibility index (Phi) is 3.53. The molecule has 0 bridgehead atoms. The molecule has 3 aromatic rings. The van der Waals surface area contributed by atoms with Crippen LogP contribution in [0.1, 0.15) is 21.5 Å². The minimum atomic E-state index is -0.0770. The lowest BCUT2D eigenvalue weighted by Crippen LogP contribution is -2.31. The van der Waals surface area contributed by atoms with Gasteiger partial charge in [0.2, 0.25) is 6.79 Å². The monoisotopic (exact) mass is 410 g/mol. The van der Waals surface area contributed by atoms with Crippen LogP contribution in [0, 0.1) is 0 Å². The molecule has 0 unspecified atom stereocenters. The predicted octanol–water partition coefficient (Wildman–Crippen LogP) is 4.19. The van der Waals surface area contributed by atoms with Gasteiger partial charge in [-0.25, -0.2) is 0 Å². The molecule has 2 aromatic carbocycles. The topological polar surface area (TPSA) is 43.7 Å². The number of halogens is 1. The number of rotatable bonds is 1. The van der Waals surface area contributed by atoms with Crippen LogP contribution in [0.25, 0.3) is 0 Å². The smallest absolute Gasteiger partial charge is 0.260 e. The number of hydrogen-bond acceptors (Lipinski definition) is 3. The Morgan fingerprint density at radius 2 is 1.69 bits per heavy atom. The first-order valence-electron chi connectivity index (χ1n) is 8.33. The van der Waals surface area contributed by atoms with Gasteiger partial charge in [-0.15, -0.1) is 0 Å². The Balaban J connectivity index is 1.60. The third-order valence-corrected chi connectivity index (χ3v) is 5.46. The number of nitrogens with zero attached hydrogens (tertiary/aromatic N) is 2. The second kappa shape index (κ2) is 5.92. The quantitative estimate of drug-likeness (QED) is 0.603. The first-order valence-corrected chi connectivity index (χ1v) is 9.13. The highest BCUT2D eigenvalue weighted by Crippen LogP contribution is 2.38. The zero-order valence-electron chi connectivity index (χ0n) is 13.8. The van der Waals surface area contributed by atoms with Crippen molar-refractivity contribution >= 4 is 27.7 Å². The van der Waals surface area contributed by atoms with Crippen molar-refractivity contribution in [3.63, 3.8) is 0 Å². The summed E-state index contributed by atoms with van der Waals surface area (Å²) in [5, 5.41) is 0. The van der Waals surface area contributed by atoms with E-state index in [1.54, 1.807) is 12.1 Å². The van der Waals surface area contributed by atoms with Crippen molar-refractivity contribution in [1.82, 2.24) is 4.57 Å². The molecular formula is C20H15BrN2O3. The van der Waals surface area contributed by atoms with Crippen molar-refractivity contribution in [2.24, 2.45) is 0 Å². The van der Waals surface area contributed by atoms with E-state index in [1.807, 2.05) is 35.4 Å². The molecular weight excluding hydrogens is 396 g/mol. The van der Waals surface area contributed by atoms with Crippen molar-refractivity contribution in [3.05, 3.63) is 75.9 Å². The molecule has 130 valence electrons. The normalized spacial score (nSPS) is 14.6. The molecule has 5 rings (SSSR count). The van der Waals surface area contributed by atoms with Crippen LogP contribution in [-0.2, 0) is 13.1 Å². The Labute approximate surface area is 158 Å². The van der Waals surface area contributed by atoms with Gasteiger partial charge in [-0.1, -0.05) is 24.3 Å². The molecule has 0 radical (unpaired) electrons. The highest BCUT2D eigenvalue weighted by Gasteiger charge is 2.28. The van der Waals surface area contributed by atoms with Crippen LogP contribution in [-0.4, -0.2) is 17.3 Å². The van der Waals surface area contributed by atoms with Crippen LogP contribution in [0.5, 0.6) is 11.5 Å². The van der Waals surface area contributed by atoms with E-state index >= 15 is 0 Å². The number of benzene rings is 2. The van der Waals surface area contributed by atoms with Crippen molar-refractivity contribution in [2.75, 3.05) is 11.7 Å². The number of hydrogen-bond donors (Lipinski definition) is 0. The Hall–Kier alpha value is -2.73. The first-order chi connectivity index (χ1) is 12.7. The Bertz CT molecular complexity index is 1030. The van der Waals surface area contributed by atoms with Gasteiger partial charge < -0.3 is 14.0 Å². The number of amides is 1. The van der Waals surface area contributed by atoms with Crippen LogP contribution in [0.2, 0.25) is 0 Å². The summed E-state index contributed by atoms with van der Waals surface area (Å²) in [6, 6.07) is 15.7. The van der Waals surface area contributed by atoms with Crippen molar-refractivity contribution in [1.29, 1.82) is 0 Å². The Morgan fingerprint density at radius 3 is 2.50 bits per heavy atom. The molecule has 0 aliphatic carbocycles. The minimum Gasteiger partial charge on any atom is -0.454 e. The van der Waals surface area contributed by atoms with Gasteiger partial charge in [-0.2, -0.15) is 0 Å². The number of aromatic nitrogens is 1. The van der Waals surface area contributed by atoms with Crippen LogP contribution in [0.3, 0.4) is 0 Å². The summed E-state index contributed by atoms with van der Waals surface area (Å²) in [6.45, 7) is 1.46. The van der Waals surface area contributed by atoms with E-state index in [0.29, 0.717) is 28.1 Å². The van der Waals surface area contributed by atoms with E-state index in [0.717, 1.165) is 17.9 Å². The molecule has 1 aromatic heterocycles. The zero-order chi connectivity index (χ0) is 17.7. The highest BCUT2D eigenvalue weighted by atomic mass is 79.9. The molecule has 5 nitrogen and oxygen atoms in total. The number of fused-ring (bicyclic) bond motifs is 3. The van der Waals surface area contributed by atoms with E-state index in [1.165, 1.54) is 5.56 Å². The molecule has 0 saturated carbocycles. The van der Waals surface area contributed by atoms with Gasteiger partial charge in [0.05, 0.1) is 12.1 Å². The summed E-state index contributed by atoms with van der Waals surface area (Å²) in [4.78, 5) is 15.2. The highest BCUT2D eigenvalue weighted by molar-refractivity contribution is 9.10. The van der Waals surface area contributed by atoms with Gasteiger partial charge in [0, 0.05) is 17.2 Å². The second-order valence-corrected chi connectivity index (χ2v) is 7.19. The van der Waals surface area contributed by atoms with Crippen molar-refractivity contribution in [3.8, 4) is 11.5 Å². The zero-order valence-corrected chi connectivity index (χ0v) is 15.4. The second-order valence-electron chi connectivity index (χ2n) is 6.34. The number of carbonyl (C=O) groups is 1. The molecule has 6 heteroatoms. The average molecular weight is 411 g/mol. The van der Waals surface area contributed by atoms with Crippen LogP contribution in [0.15, 0.2) is 59.2 Å². The maximum absolute atomic E-state index is 13.4. The van der Waals surface area contributed by atoms with Crippen LogP contribution in [0.4, 0.5) is 5.82 Å². The number of anilines is 1. The van der Waals surface area contributed by atoms with E-state index in [-0.39, 0.29) is 12.7 Å². The van der Waals surface area contributed by atoms with E-state index in [9.17, 15) is 4.79 Å². The molecule has 0 saturated heterocycles. The molecule has 0 fully saturated rings. The largest absolute Gasteiger partial charge is 0.454 e. The van der Waals surface area contributed by atoms with Gasteiger partial charge >= 0.3 is 0 Å². The summed E-state index contributed by atoms with van der Waals surface area (Å²) in [6.07, 6.45) is 2.01. The molecule has 0 spiro atoms. The summed E-state index contributed by atoms with van der Waals surface area (Å²) >= 11 is 3.51. The lowest BCUT2D eigenvalue weighted by atomic mass is 10.1. The summed E-state index contributed by atoms with van der Waals surface area (Å²) in [7, 11) is 0. The molecule has 0 N–H and O–H groups in total. The average Bonchev–Trinajstić information content (AvgIpc) is 3.25. The molecule has 0 atom stereocenters. The molecule has 2 aliphatic rings. The van der Waals surface area contributed by atoms with Crippen LogP contribution < -0.4 is 14.4 Å². The first kappa shape index (κ1) is 15.5. The summed E-state index contributed by atoms with van der Waals surface area (Å²) < 4.78 is 13.6. The molecule has 2 aliphatic heterocycles. The molecule has 1 amide bonds. The maximum atomic E-state index is 13.4. The maximum Gasteiger partial charge on any atom is 0.260 e. The molecule has 3 heterocycles. The Morgan fingerprint density at radius 1 is 0.962 bits per heavy atom. The van der Waals surface area contributed by atoms with E-state index < -0.39 is 0 Å². The SMILES string of the molecule is O=C(c1cc2c(cc1Br)OCO2)N1Cc2ccccc2Cn2cccc21. The molecule has 26 heavy (non-hydrogen) atoms. The predicted molar refractivity (Wildman–Crippen MR) is 101 cm³/mol.